The normalized spacial score (nSPS) is 16.2. The lowest BCUT2D eigenvalue weighted by atomic mass is 9.89. The largest absolute Gasteiger partial charge is 0.358 e. The summed E-state index contributed by atoms with van der Waals surface area (Å²) in [7, 11) is 0. The minimum absolute atomic E-state index is 0.0169. The van der Waals surface area contributed by atoms with Crippen molar-refractivity contribution >= 4 is 22.6 Å². The molecule has 5 rings (SSSR count). The number of aromatic amines is 1. The maximum Gasteiger partial charge on any atom is 0.226 e. The van der Waals surface area contributed by atoms with Crippen LogP contribution in [0.2, 0.25) is 0 Å². The highest BCUT2D eigenvalue weighted by Gasteiger charge is 2.32. The van der Waals surface area contributed by atoms with E-state index in [0.717, 1.165) is 28.2 Å². The van der Waals surface area contributed by atoms with Crippen molar-refractivity contribution in [2.45, 2.75) is 32.7 Å². The summed E-state index contributed by atoms with van der Waals surface area (Å²) in [6, 6.07) is 10.3. The van der Waals surface area contributed by atoms with Crippen LogP contribution in [0, 0.1) is 13.8 Å². The van der Waals surface area contributed by atoms with Crippen LogP contribution < -0.4 is 5.32 Å². The number of anilines is 1. The second kappa shape index (κ2) is 6.34. The molecule has 0 aliphatic carbocycles. The predicted octanol–water partition coefficient (Wildman–Crippen LogP) is 3.90. The third-order valence-electron chi connectivity index (χ3n) is 5.57. The summed E-state index contributed by atoms with van der Waals surface area (Å²) in [6.07, 6.45) is 5.84. The molecule has 6 nitrogen and oxygen atoms in total. The quantitative estimate of drug-likeness (QED) is 0.573. The predicted molar refractivity (Wildman–Crippen MR) is 108 cm³/mol. The van der Waals surface area contributed by atoms with Gasteiger partial charge in [0.1, 0.15) is 5.82 Å². The van der Waals surface area contributed by atoms with Gasteiger partial charge in [0.25, 0.3) is 0 Å². The Morgan fingerprint density at radius 2 is 2.00 bits per heavy atom. The van der Waals surface area contributed by atoms with Gasteiger partial charge in [-0.2, -0.15) is 5.10 Å². The van der Waals surface area contributed by atoms with E-state index in [2.05, 4.69) is 52.4 Å². The molecule has 2 N–H and O–H groups in total. The van der Waals surface area contributed by atoms with E-state index in [1.165, 1.54) is 16.5 Å². The summed E-state index contributed by atoms with van der Waals surface area (Å²) >= 11 is 0. The van der Waals surface area contributed by atoms with Crippen molar-refractivity contribution in [2.24, 2.45) is 0 Å². The maximum absolute atomic E-state index is 12.5. The van der Waals surface area contributed by atoms with Gasteiger partial charge in [-0.05, 0) is 49.2 Å². The van der Waals surface area contributed by atoms with Gasteiger partial charge in [0.2, 0.25) is 5.91 Å². The highest BCUT2D eigenvalue weighted by atomic mass is 16.1. The first-order chi connectivity index (χ1) is 13.6. The number of carbonyl (C=O) groups excluding carboxylic acids is 1. The fourth-order valence-corrected chi connectivity index (χ4v) is 4.12. The molecule has 1 amide bonds. The van der Waals surface area contributed by atoms with Crippen LogP contribution in [0.1, 0.15) is 40.3 Å². The fraction of sp³-hybridized carbons (Fsp3) is 0.227. The van der Waals surface area contributed by atoms with Crippen molar-refractivity contribution < 1.29 is 4.79 Å². The van der Waals surface area contributed by atoms with E-state index in [1.54, 1.807) is 12.4 Å². The molecule has 1 aliphatic rings. The molecule has 0 radical (unpaired) electrons. The van der Waals surface area contributed by atoms with Crippen LogP contribution >= 0.6 is 0 Å². The molecule has 1 aliphatic heterocycles. The zero-order valence-corrected chi connectivity index (χ0v) is 15.9. The number of aryl methyl sites for hydroxylation is 2. The Morgan fingerprint density at radius 3 is 2.82 bits per heavy atom. The van der Waals surface area contributed by atoms with Crippen LogP contribution in [0.15, 0.2) is 48.9 Å². The van der Waals surface area contributed by atoms with Crippen LogP contribution in [0.3, 0.4) is 0 Å². The number of nitrogens with one attached hydrogen (secondary N) is 2. The van der Waals surface area contributed by atoms with Crippen molar-refractivity contribution in [3.8, 4) is 0 Å². The Morgan fingerprint density at radius 1 is 1.18 bits per heavy atom. The van der Waals surface area contributed by atoms with E-state index in [4.69, 9.17) is 0 Å². The average molecular weight is 371 g/mol. The Balaban J connectivity index is 1.59. The SMILES string of the molecule is Cc1ccc2[nH]c([C@H]3CC(=O)Nc4c3cnn4Cc3ccncc3)c(C)c2c1. The van der Waals surface area contributed by atoms with Gasteiger partial charge in [0.05, 0.1) is 12.7 Å². The molecule has 1 aromatic carbocycles. The highest BCUT2D eigenvalue weighted by molar-refractivity contribution is 5.95. The molecule has 3 aromatic heterocycles. The number of rotatable bonds is 3. The minimum Gasteiger partial charge on any atom is -0.358 e. The molecule has 140 valence electrons. The lowest BCUT2D eigenvalue weighted by Gasteiger charge is -2.23. The number of hydrogen-bond donors (Lipinski definition) is 2. The molecular weight excluding hydrogens is 350 g/mol. The smallest absolute Gasteiger partial charge is 0.226 e. The Bertz CT molecular complexity index is 1190. The van der Waals surface area contributed by atoms with Gasteiger partial charge in [-0.25, -0.2) is 4.68 Å². The van der Waals surface area contributed by atoms with Crippen LogP contribution in [-0.2, 0) is 11.3 Å². The van der Waals surface area contributed by atoms with Gasteiger partial charge in [-0.15, -0.1) is 0 Å². The van der Waals surface area contributed by atoms with Crippen molar-refractivity contribution in [1.29, 1.82) is 0 Å². The Hall–Kier alpha value is -3.41. The van der Waals surface area contributed by atoms with Crippen LogP contribution in [0.5, 0.6) is 0 Å². The number of H-pyrrole nitrogens is 1. The van der Waals surface area contributed by atoms with Gasteiger partial charge in [0, 0.05) is 46.9 Å². The molecule has 4 aromatic rings. The van der Waals surface area contributed by atoms with Crippen molar-refractivity contribution in [3.63, 3.8) is 0 Å². The number of amides is 1. The third-order valence-corrected chi connectivity index (χ3v) is 5.57. The lowest BCUT2D eigenvalue weighted by molar-refractivity contribution is -0.116. The van der Waals surface area contributed by atoms with Crippen LogP contribution in [-0.4, -0.2) is 25.7 Å². The number of aromatic nitrogens is 4. The van der Waals surface area contributed by atoms with E-state index in [9.17, 15) is 4.79 Å². The molecule has 1 atom stereocenters. The van der Waals surface area contributed by atoms with Gasteiger partial charge in [-0.3, -0.25) is 9.78 Å². The van der Waals surface area contributed by atoms with Gasteiger partial charge in [-0.1, -0.05) is 11.6 Å². The molecule has 0 fully saturated rings. The molecule has 4 heterocycles. The monoisotopic (exact) mass is 371 g/mol. The van der Waals surface area contributed by atoms with E-state index < -0.39 is 0 Å². The second-order valence-electron chi connectivity index (χ2n) is 7.48. The molecule has 0 saturated carbocycles. The number of pyridine rings is 1. The third kappa shape index (κ3) is 2.69. The van der Waals surface area contributed by atoms with E-state index in [-0.39, 0.29) is 11.8 Å². The number of benzene rings is 1. The van der Waals surface area contributed by atoms with Gasteiger partial charge >= 0.3 is 0 Å². The molecule has 0 spiro atoms. The average Bonchev–Trinajstić information content (AvgIpc) is 3.23. The van der Waals surface area contributed by atoms with E-state index >= 15 is 0 Å². The maximum atomic E-state index is 12.5. The zero-order valence-electron chi connectivity index (χ0n) is 15.9. The Kier molecular flexibility index (Phi) is 3.79. The van der Waals surface area contributed by atoms with Crippen molar-refractivity contribution in [2.75, 3.05) is 5.32 Å². The van der Waals surface area contributed by atoms with Crippen LogP contribution in [0.4, 0.5) is 5.82 Å². The molecule has 0 saturated heterocycles. The molecule has 0 unspecified atom stereocenters. The molecule has 28 heavy (non-hydrogen) atoms. The number of fused-ring (bicyclic) bond motifs is 2. The summed E-state index contributed by atoms with van der Waals surface area (Å²) in [5, 5.41) is 8.81. The summed E-state index contributed by atoms with van der Waals surface area (Å²) in [6.45, 7) is 4.82. The zero-order chi connectivity index (χ0) is 19.3. The van der Waals surface area contributed by atoms with Crippen molar-refractivity contribution in [3.05, 3.63) is 76.9 Å². The van der Waals surface area contributed by atoms with Crippen molar-refractivity contribution in [1.82, 2.24) is 19.7 Å². The highest BCUT2D eigenvalue weighted by Crippen LogP contribution is 2.40. The number of nitrogens with zero attached hydrogens (tertiary/aromatic N) is 3. The lowest BCUT2D eigenvalue weighted by Crippen LogP contribution is -2.25. The first-order valence-electron chi connectivity index (χ1n) is 9.43. The topological polar surface area (TPSA) is 75.6 Å². The van der Waals surface area contributed by atoms with Gasteiger partial charge < -0.3 is 10.3 Å². The van der Waals surface area contributed by atoms with Crippen LogP contribution in [0.25, 0.3) is 10.9 Å². The fourth-order valence-electron chi connectivity index (χ4n) is 4.12. The number of hydrogen-bond acceptors (Lipinski definition) is 3. The summed E-state index contributed by atoms with van der Waals surface area (Å²) < 4.78 is 1.86. The Labute approximate surface area is 162 Å². The first-order valence-corrected chi connectivity index (χ1v) is 9.43. The summed E-state index contributed by atoms with van der Waals surface area (Å²) in [5.74, 6) is 0.776. The van der Waals surface area contributed by atoms with E-state index in [1.807, 2.05) is 23.0 Å². The summed E-state index contributed by atoms with van der Waals surface area (Å²) in [4.78, 5) is 20.1. The first kappa shape index (κ1) is 16.7. The molecule has 6 heteroatoms. The minimum atomic E-state index is -0.0253. The van der Waals surface area contributed by atoms with E-state index in [0.29, 0.717) is 13.0 Å². The standard InChI is InChI=1S/C22H21N5O/c1-13-3-4-19-16(9-13)14(2)21(25-19)17-10-20(28)26-22-18(17)11-24-27(22)12-15-5-7-23-8-6-15/h3-9,11,17,25H,10,12H2,1-2H3,(H,26,28)/t17-/m0/s1. The molecule has 0 bridgehead atoms. The second-order valence-corrected chi connectivity index (χ2v) is 7.48. The van der Waals surface area contributed by atoms with Gasteiger partial charge in [0.15, 0.2) is 0 Å². The molecular formula is C22H21N5O. The number of carbonyl (C=O) groups is 1. The summed E-state index contributed by atoms with van der Waals surface area (Å²) in [5.41, 5.74) is 6.78.